The number of imide groups is 1. The highest BCUT2D eigenvalue weighted by Gasteiger charge is 2.28. The van der Waals surface area contributed by atoms with Crippen molar-refractivity contribution in [2.45, 2.75) is 25.7 Å². The van der Waals surface area contributed by atoms with Crippen LogP contribution < -0.4 is 0 Å². The molecule has 22 heavy (non-hydrogen) atoms. The largest absolute Gasteiger partial charge is 0.283 e. The average Bonchev–Trinajstić information content (AvgIpc) is 2.55. The highest BCUT2D eigenvalue weighted by atomic mass is 16.2. The third-order valence-corrected chi connectivity index (χ3v) is 4.29. The molecule has 2 amide bonds. The lowest BCUT2D eigenvalue weighted by Gasteiger charge is -2.29. The summed E-state index contributed by atoms with van der Waals surface area (Å²) in [7, 11) is 0. The van der Waals surface area contributed by atoms with Gasteiger partial charge in [0.2, 0.25) is 11.8 Å². The van der Waals surface area contributed by atoms with E-state index in [0.717, 1.165) is 6.42 Å². The quantitative estimate of drug-likeness (QED) is 0.848. The Bertz CT molecular complexity index is 676. The molecular formula is C19H19NO2. The third-order valence-electron chi connectivity index (χ3n) is 4.29. The number of nitrogens with zero attached hydrogens (tertiary/aromatic N) is 1. The number of amides is 2. The molecule has 0 radical (unpaired) electrons. The predicted octanol–water partition coefficient (Wildman–Crippen LogP) is 3.61. The van der Waals surface area contributed by atoms with Crippen LogP contribution in [0.2, 0.25) is 0 Å². The molecule has 2 aromatic carbocycles. The highest BCUT2D eigenvalue weighted by molar-refractivity contribution is 5.95. The van der Waals surface area contributed by atoms with Gasteiger partial charge in [-0.05, 0) is 29.0 Å². The first-order valence-corrected chi connectivity index (χ1v) is 7.61. The van der Waals surface area contributed by atoms with Crippen LogP contribution in [-0.4, -0.2) is 23.3 Å². The van der Waals surface area contributed by atoms with Gasteiger partial charge in [-0.25, -0.2) is 0 Å². The number of carbonyl (C=O) groups is 2. The van der Waals surface area contributed by atoms with Gasteiger partial charge >= 0.3 is 0 Å². The Morgan fingerprint density at radius 1 is 1.00 bits per heavy atom. The van der Waals surface area contributed by atoms with Crippen molar-refractivity contribution < 1.29 is 9.59 Å². The molecule has 0 aliphatic carbocycles. The molecular weight excluding hydrogens is 274 g/mol. The van der Waals surface area contributed by atoms with Gasteiger partial charge in [-0.15, -0.1) is 0 Å². The van der Waals surface area contributed by atoms with Gasteiger partial charge in [0.25, 0.3) is 0 Å². The zero-order valence-corrected chi connectivity index (χ0v) is 12.7. The van der Waals surface area contributed by atoms with Gasteiger partial charge in [0.1, 0.15) is 0 Å². The molecule has 0 N–H and O–H groups in total. The lowest BCUT2D eigenvalue weighted by molar-refractivity contribution is -0.145. The summed E-state index contributed by atoms with van der Waals surface area (Å²) in [4.78, 5) is 24.7. The zero-order valence-electron chi connectivity index (χ0n) is 12.7. The molecule has 1 atom stereocenters. The highest BCUT2D eigenvalue weighted by Crippen LogP contribution is 2.30. The SMILES string of the molecule is CC(=O)N1CCC(c2ccc(-c3ccccc3)cc2)CC1=O. The van der Waals surface area contributed by atoms with E-state index in [1.54, 1.807) is 0 Å². The fraction of sp³-hybridized carbons (Fsp3) is 0.263. The summed E-state index contributed by atoms with van der Waals surface area (Å²) in [5.41, 5.74) is 3.55. The Hall–Kier alpha value is -2.42. The predicted molar refractivity (Wildman–Crippen MR) is 86.2 cm³/mol. The number of piperidine rings is 1. The van der Waals surface area contributed by atoms with E-state index in [1.807, 2.05) is 18.2 Å². The molecule has 3 rings (SSSR count). The number of likely N-dealkylation sites (tertiary alicyclic amines) is 1. The van der Waals surface area contributed by atoms with Crippen LogP contribution in [-0.2, 0) is 9.59 Å². The van der Waals surface area contributed by atoms with E-state index >= 15 is 0 Å². The van der Waals surface area contributed by atoms with E-state index in [4.69, 9.17) is 0 Å². The first kappa shape index (κ1) is 14.5. The summed E-state index contributed by atoms with van der Waals surface area (Å²) in [5.74, 6) is 0.00619. The van der Waals surface area contributed by atoms with Gasteiger partial charge in [-0.1, -0.05) is 54.6 Å². The minimum atomic E-state index is -0.150. The number of hydrogen-bond donors (Lipinski definition) is 0. The van der Waals surface area contributed by atoms with Crippen LogP contribution in [0, 0.1) is 0 Å². The second-order valence-electron chi connectivity index (χ2n) is 5.74. The normalized spacial score (nSPS) is 18.3. The van der Waals surface area contributed by atoms with Crippen LogP contribution in [0.1, 0.15) is 31.2 Å². The van der Waals surface area contributed by atoms with Gasteiger partial charge in [-0.3, -0.25) is 14.5 Å². The first-order valence-electron chi connectivity index (χ1n) is 7.61. The molecule has 1 heterocycles. The van der Waals surface area contributed by atoms with Crippen molar-refractivity contribution in [3.8, 4) is 11.1 Å². The van der Waals surface area contributed by atoms with E-state index in [9.17, 15) is 9.59 Å². The molecule has 1 aliphatic rings. The number of hydrogen-bond acceptors (Lipinski definition) is 2. The second kappa shape index (κ2) is 6.14. The average molecular weight is 293 g/mol. The Balaban J connectivity index is 1.74. The minimum absolute atomic E-state index is 0.0594. The molecule has 3 heteroatoms. The Morgan fingerprint density at radius 3 is 2.23 bits per heavy atom. The maximum Gasteiger partial charge on any atom is 0.229 e. The summed E-state index contributed by atoms with van der Waals surface area (Å²) in [6, 6.07) is 18.6. The minimum Gasteiger partial charge on any atom is -0.283 e. The summed E-state index contributed by atoms with van der Waals surface area (Å²) >= 11 is 0. The van der Waals surface area contributed by atoms with Crippen molar-refractivity contribution in [2.24, 2.45) is 0 Å². The summed E-state index contributed by atoms with van der Waals surface area (Å²) in [6.45, 7) is 1.98. The van der Waals surface area contributed by atoms with Gasteiger partial charge in [0.05, 0.1) is 0 Å². The first-order chi connectivity index (χ1) is 10.6. The lowest BCUT2D eigenvalue weighted by Crippen LogP contribution is -2.41. The molecule has 3 nitrogen and oxygen atoms in total. The standard InChI is InChI=1S/C19H19NO2/c1-14(21)20-12-11-18(13-19(20)22)17-9-7-16(8-10-17)15-5-3-2-4-6-15/h2-10,18H,11-13H2,1H3. The maximum atomic E-state index is 12.0. The molecule has 1 fully saturated rings. The van der Waals surface area contributed by atoms with E-state index < -0.39 is 0 Å². The monoisotopic (exact) mass is 293 g/mol. The fourth-order valence-electron chi connectivity index (χ4n) is 3.03. The van der Waals surface area contributed by atoms with Crippen LogP contribution >= 0.6 is 0 Å². The number of benzene rings is 2. The van der Waals surface area contributed by atoms with Crippen molar-refractivity contribution in [3.05, 3.63) is 60.2 Å². The van der Waals surface area contributed by atoms with E-state index in [1.165, 1.54) is 28.5 Å². The van der Waals surface area contributed by atoms with Gasteiger partial charge in [-0.2, -0.15) is 0 Å². The lowest BCUT2D eigenvalue weighted by atomic mass is 9.88. The van der Waals surface area contributed by atoms with Gasteiger partial charge < -0.3 is 0 Å². The van der Waals surface area contributed by atoms with E-state index in [0.29, 0.717) is 13.0 Å². The van der Waals surface area contributed by atoms with E-state index in [2.05, 4.69) is 36.4 Å². The molecule has 112 valence electrons. The molecule has 0 aromatic heterocycles. The zero-order chi connectivity index (χ0) is 15.5. The van der Waals surface area contributed by atoms with Crippen molar-refractivity contribution >= 4 is 11.8 Å². The number of carbonyl (C=O) groups excluding carboxylic acids is 2. The van der Waals surface area contributed by atoms with Gasteiger partial charge in [0.15, 0.2) is 0 Å². The van der Waals surface area contributed by atoms with Crippen LogP contribution in [0.5, 0.6) is 0 Å². The summed E-state index contributed by atoms with van der Waals surface area (Å²) < 4.78 is 0. The summed E-state index contributed by atoms with van der Waals surface area (Å²) in [6.07, 6.45) is 1.26. The Labute approximate surface area is 130 Å². The fourth-order valence-corrected chi connectivity index (χ4v) is 3.03. The van der Waals surface area contributed by atoms with Crippen molar-refractivity contribution in [1.29, 1.82) is 0 Å². The number of rotatable bonds is 2. The van der Waals surface area contributed by atoms with Crippen LogP contribution in [0.4, 0.5) is 0 Å². The Morgan fingerprint density at radius 2 is 1.64 bits per heavy atom. The van der Waals surface area contributed by atoms with Gasteiger partial charge in [0, 0.05) is 19.9 Å². The topological polar surface area (TPSA) is 37.4 Å². The summed E-state index contributed by atoms with van der Waals surface area (Å²) in [5, 5.41) is 0. The third kappa shape index (κ3) is 2.93. The Kier molecular flexibility index (Phi) is 4.05. The van der Waals surface area contributed by atoms with E-state index in [-0.39, 0.29) is 17.7 Å². The molecule has 1 aliphatic heterocycles. The smallest absolute Gasteiger partial charge is 0.229 e. The van der Waals surface area contributed by atoms with Crippen molar-refractivity contribution in [3.63, 3.8) is 0 Å². The molecule has 0 spiro atoms. The maximum absolute atomic E-state index is 12.0. The molecule has 0 bridgehead atoms. The van der Waals surface area contributed by atoms with Crippen molar-refractivity contribution in [2.75, 3.05) is 6.54 Å². The van der Waals surface area contributed by atoms with Crippen LogP contribution in [0.25, 0.3) is 11.1 Å². The molecule has 1 unspecified atom stereocenters. The molecule has 1 saturated heterocycles. The second-order valence-corrected chi connectivity index (χ2v) is 5.74. The molecule has 0 saturated carbocycles. The van der Waals surface area contributed by atoms with Crippen molar-refractivity contribution in [1.82, 2.24) is 4.90 Å². The molecule has 2 aromatic rings. The van der Waals surface area contributed by atoms with Crippen LogP contribution in [0.15, 0.2) is 54.6 Å². The van der Waals surface area contributed by atoms with Crippen LogP contribution in [0.3, 0.4) is 0 Å².